The molecule has 6 nitrogen and oxygen atoms in total. The first-order valence-corrected chi connectivity index (χ1v) is 5.74. The summed E-state index contributed by atoms with van der Waals surface area (Å²) in [5.41, 5.74) is 0. The zero-order valence-electron chi connectivity index (χ0n) is 7.77. The number of nitrogens with zero attached hydrogens (tertiary/aromatic N) is 2. The molecular formula is C7H12N4O2S. The standard InChI is InChI=1S/C7H12N4O2S/c1-11(6-2-8-3-6)14(12,13)7-4-9-10-5-7/h4-6,8H,2-3H2,1H3,(H,9,10). The van der Waals surface area contributed by atoms with E-state index in [-0.39, 0.29) is 10.9 Å². The maximum Gasteiger partial charge on any atom is 0.246 e. The molecule has 0 bridgehead atoms. The predicted molar refractivity (Wildman–Crippen MR) is 50.2 cm³/mol. The molecule has 78 valence electrons. The molecule has 0 unspecified atom stereocenters. The van der Waals surface area contributed by atoms with Crippen molar-refractivity contribution in [2.45, 2.75) is 10.9 Å². The Morgan fingerprint density at radius 1 is 1.57 bits per heavy atom. The van der Waals surface area contributed by atoms with Crippen molar-refractivity contribution in [1.82, 2.24) is 19.8 Å². The van der Waals surface area contributed by atoms with Gasteiger partial charge in [-0.15, -0.1) is 0 Å². The Balaban J connectivity index is 2.23. The number of aromatic nitrogens is 2. The Morgan fingerprint density at radius 2 is 2.29 bits per heavy atom. The van der Waals surface area contributed by atoms with Crippen LogP contribution in [0.1, 0.15) is 0 Å². The van der Waals surface area contributed by atoms with Crippen molar-refractivity contribution >= 4 is 10.0 Å². The van der Waals surface area contributed by atoms with Gasteiger partial charge in [-0.25, -0.2) is 8.42 Å². The molecule has 1 aromatic heterocycles. The average molecular weight is 216 g/mol. The molecule has 1 aromatic rings. The largest absolute Gasteiger partial charge is 0.313 e. The fourth-order valence-electron chi connectivity index (χ4n) is 1.27. The zero-order valence-corrected chi connectivity index (χ0v) is 8.58. The highest BCUT2D eigenvalue weighted by Gasteiger charge is 2.31. The molecule has 7 heteroatoms. The Kier molecular flexibility index (Phi) is 2.30. The molecule has 1 saturated heterocycles. The first kappa shape index (κ1) is 9.63. The van der Waals surface area contributed by atoms with Gasteiger partial charge >= 0.3 is 0 Å². The molecule has 0 aliphatic carbocycles. The molecule has 1 fully saturated rings. The molecule has 0 aromatic carbocycles. The van der Waals surface area contributed by atoms with E-state index in [4.69, 9.17) is 0 Å². The molecule has 2 heterocycles. The van der Waals surface area contributed by atoms with Crippen LogP contribution in [-0.4, -0.2) is 49.1 Å². The minimum absolute atomic E-state index is 0.0647. The number of hydrogen-bond acceptors (Lipinski definition) is 4. The van der Waals surface area contributed by atoms with Gasteiger partial charge in [0, 0.05) is 32.4 Å². The van der Waals surface area contributed by atoms with E-state index in [1.165, 1.54) is 16.7 Å². The lowest BCUT2D eigenvalue weighted by atomic mass is 10.2. The van der Waals surface area contributed by atoms with E-state index < -0.39 is 10.0 Å². The number of sulfonamides is 1. The molecule has 14 heavy (non-hydrogen) atoms. The summed E-state index contributed by atoms with van der Waals surface area (Å²) in [5.74, 6) is 0. The van der Waals surface area contributed by atoms with Crippen molar-refractivity contribution in [3.05, 3.63) is 12.4 Å². The van der Waals surface area contributed by atoms with E-state index >= 15 is 0 Å². The Bertz CT molecular complexity index is 395. The van der Waals surface area contributed by atoms with Crippen molar-refractivity contribution < 1.29 is 8.42 Å². The van der Waals surface area contributed by atoms with Gasteiger partial charge in [-0.05, 0) is 0 Å². The zero-order chi connectivity index (χ0) is 10.2. The second-order valence-corrected chi connectivity index (χ2v) is 5.26. The number of likely N-dealkylation sites (N-methyl/N-ethyl adjacent to an activating group) is 1. The van der Waals surface area contributed by atoms with E-state index in [2.05, 4.69) is 15.5 Å². The van der Waals surface area contributed by atoms with Crippen molar-refractivity contribution in [2.24, 2.45) is 0 Å². The van der Waals surface area contributed by atoms with Crippen molar-refractivity contribution in [2.75, 3.05) is 20.1 Å². The van der Waals surface area contributed by atoms with Crippen LogP contribution in [0.3, 0.4) is 0 Å². The second-order valence-electron chi connectivity index (χ2n) is 3.27. The van der Waals surface area contributed by atoms with E-state index in [0.29, 0.717) is 13.1 Å². The molecule has 0 saturated carbocycles. The van der Waals surface area contributed by atoms with Crippen LogP contribution in [0.4, 0.5) is 0 Å². The molecule has 0 amide bonds. The molecular weight excluding hydrogens is 204 g/mol. The molecule has 0 spiro atoms. The Morgan fingerprint density at radius 3 is 2.71 bits per heavy atom. The van der Waals surface area contributed by atoms with Gasteiger partial charge in [0.15, 0.2) is 0 Å². The van der Waals surface area contributed by atoms with Gasteiger partial charge in [0.2, 0.25) is 10.0 Å². The van der Waals surface area contributed by atoms with Crippen LogP contribution in [0.15, 0.2) is 17.3 Å². The fourth-order valence-corrected chi connectivity index (χ4v) is 2.53. The predicted octanol–water partition coefficient (Wildman–Crippen LogP) is -0.998. The van der Waals surface area contributed by atoms with Crippen LogP contribution in [0.2, 0.25) is 0 Å². The SMILES string of the molecule is CN(C1CNC1)S(=O)(=O)c1cn[nH]c1. The van der Waals surface area contributed by atoms with Crippen molar-refractivity contribution in [1.29, 1.82) is 0 Å². The first-order valence-electron chi connectivity index (χ1n) is 4.30. The van der Waals surface area contributed by atoms with Crippen LogP contribution in [0.25, 0.3) is 0 Å². The molecule has 2 N–H and O–H groups in total. The van der Waals surface area contributed by atoms with Gasteiger partial charge in [0.25, 0.3) is 0 Å². The molecule has 0 atom stereocenters. The highest BCUT2D eigenvalue weighted by molar-refractivity contribution is 7.89. The summed E-state index contributed by atoms with van der Waals surface area (Å²) in [4.78, 5) is 0.215. The summed E-state index contributed by atoms with van der Waals surface area (Å²) in [6.45, 7) is 1.43. The van der Waals surface area contributed by atoms with Gasteiger partial charge in [-0.1, -0.05) is 0 Å². The van der Waals surface area contributed by atoms with Crippen molar-refractivity contribution in [3.63, 3.8) is 0 Å². The van der Waals surface area contributed by atoms with Crippen LogP contribution in [0, 0.1) is 0 Å². The topological polar surface area (TPSA) is 78.1 Å². The van der Waals surface area contributed by atoms with E-state index in [9.17, 15) is 8.42 Å². The average Bonchev–Trinajstić information content (AvgIpc) is 2.52. The minimum atomic E-state index is -3.36. The lowest BCUT2D eigenvalue weighted by Crippen LogP contribution is -2.57. The van der Waals surface area contributed by atoms with Gasteiger partial charge in [-0.2, -0.15) is 9.40 Å². The lowest BCUT2D eigenvalue weighted by molar-refractivity contribution is 0.274. The third kappa shape index (κ3) is 1.43. The number of aromatic amines is 1. The minimum Gasteiger partial charge on any atom is -0.313 e. The van der Waals surface area contributed by atoms with Gasteiger partial charge < -0.3 is 5.32 Å². The highest BCUT2D eigenvalue weighted by Crippen LogP contribution is 2.16. The summed E-state index contributed by atoms with van der Waals surface area (Å²) in [5, 5.41) is 9.15. The lowest BCUT2D eigenvalue weighted by Gasteiger charge is -2.34. The summed E-state index contributed by atoms with van der Waals surface area (Å²) in [7, 11) is -1.77. The molecule has 0 radical (unpaired) electrons. The van der Waals surface area contributed by atoms with E-state index in [0.717, 1.165) is 0 Å². The Hall–Kier alpha value is -0.920. The summed E-state index contributed by atoms with van der Waals surface area (Å²) < 4.78 is 25.1. The van der Waals surface area contributed by atoms with Gasteiger partial charge in [0.05, 0.1) is 6.20 Å². The van der Waals surface area contributed by atoms with Crippen molar-refractivity contribution in [3.8, 4) is 0 Å². The normalized spacial score (nSPS) is 18.4. The Labute approximate surface area is 82.4 Å². The third-order valence-corrected chi connectivity index (χ3v) is 4.30. The second kappa shape index (κ2) is 3.34. The number of H-pyrrole nitrogens is 1. The number of rotatable bonds is 3. The highest BCUT2D eigenvalue weighted by atomic mass is 32.2. The monoisotopic (exact) mass is 216 g/mol. The fraction of sp³-hybridized carbons (Fsp3) is 0.571. The number of hydrogen-bond donors (Lipinski definition) is 2. The molecule has 2 rings (SSSR count). The first-order chi connectivity index (χ1) is 6.62. The van der Waals surface area contributed by atoms with Gasteiger partial charge in [-0.3, -0.25) is 5.10 Å². The molecule has 1 aliphatic heterocycles. The maximum atomic E-state index is 11.9. The summed E-state index contributed by atoms with van der Waals surface area (Å²) in [6, 6.07) is 0.0647. The van der Waals surface area contributed by atoms with E-state index in [1.807, 2.05) is 0 Å². The quantitative estimate of drug-likeness (QED) is 0.679. The summed E-state index contributed by atoms with van der Waals surface area (Å²) >= 11 is 0. The summed E-state index contributed by atoms with van der Waals surface area (Å²) in [6.07, 6.45) is 2.70. The van der Waals surface area contributed by atoms with Crippen LogP contribution < -0.4 is 5.32 Å². The smallest absolute Gasteiger partial charge is 0.246 e. The van der Waals surface area contributed by atoms with Crippen LogP contribution in [-0.2, 0) is 10.0 Å². The maximum absolute atomic E-state index is 11.9. The van der Waals surface area contributed by atoms with Gasteiger partial charge in [0.1, 0.15) is 4.90 Å². The van der Waals surface area contributed by atoms with E-state index in [1.54, 1.807) is 7.05 Å². The van der Waals surface area contributed by atoms with Crippen LogP contribution >= 0.6 is 0 Å². The molecule has 1 aliphatic rings. The van der Waals surface area contributed by atoms with Crippen LogP contribution in [0.5, 0.6) is 0 Å². The number of nitrogens with one attached hydrogen (secondary N) is 2. The third-order valence-electron chi connectivity index (χ3n) is 2.42.